The molecule has 0 aliphatic carbocycles. The van der Waals surface area contributed by atoms with Gasteiger partial charge < -0.3 is 10.1 Å². The van der Waals surface area contributed by atoms with Crippen LogP contribution in [0.15, 0.2) is 41.3 Å². The third kappa shape index (κ3) is 4.40. The maximum Gasteiger partial charge on any atom is 0.271 e. The molecule has 3 rings (SSSR count). The van der Waals surface area contributed by atoms with E-state index < -0.39 is 39.1 Å². The number of rotatable bonds is 5. The Morgan fingerprint density at radius 1 is 1.15 bits per heavy atom. The summed E-state index contributed by atoms with van der Waals surface area (Å²) in [6.45, 7) is -0.651. The van der Waals surface area contributed by atoms with Crippen molar-refractivity contribution in [1.29, 1.82) is 0 Å². The minimum atomic E-state index is -4.58. The van der Waals surface area contributed by atoms with Crippen LogP contribution in [0.5, 0.6) is 5.75 Å². The van der Waals surface area contributed by atoms with Gasteiger partial charge in [0.05, 0.1) is 0 Å². The molecule has 27 heavy (non-hydrogen) atoms. The SMILES string of the molecule is O=C1CCc2cc(OCC(=O)NS(=O)(=O)c3cc(F)ccc3F)ccc2N1. The summed E-state index contributed by atoms with van der Waals surface area (Å²) < 4.78 is 57.6. The lowest BCUT2D eigenvalue weighted by atomic mass is 10.0. The second kappa shape index (κ2) is 7.31. The van der Waals surface area contributed by atoms with Gasteiger partial charge in [-0.3, -0.25) is 9.59 Å². The average molecular weight is 396 g/mol. The van der Waals surface area contributed by atoms with E-state index in [0.717, 1.165) is 11.6 Å². The number of carbonyl (C=O) groups is 2. The smallest absolute Gasteiger partial charge is 0.271 e. The third-order valence-corrected chi connectivity index (χ3v) is 5.16. The number of sulfonamides is 1. The van der Waals surface area contributed by atoms with Gasteiger partial charge >= 0.3 is 0 Å². The van der Waals surface area contributed by atoms with Crippen LogP contribution in [-0.4, -0.2) is 26.8 Å². The zero-order valence-corrected chi connectivity index (χ0v) is 14.6. The van der Waals surface area contributed by atoms with Gasteiger partial charge in [0.1, 0.15) is 22.3 Å². The van der Waals surface area contributed by atoms with Crippen molar-refractivity contribution in [3.63, 3.8) is 0 Å². The maximum atomic E-state index is 13.6. The monoisotopic (exact) mass is 396 g/mol. The Bertz CT molecular complexity index is 1020. The number of fused-ring (bicyclic) bond motifs is 1. The average Bonchev–Trinajstić information content (AvgIpc) is 2.61. The van der Waals surface area contributed by atoms with E-state index in [-0.39, 0.29) is 5.91 Å². The molecule has 2 aromatic carbocycles. The topological polar surface area (TPSA) is 102 Å². The molecule has 0 spiro atoms. The molecule has 2 N–H and O–H groups in total. The van der Waals surface area contributed by atoms with E-state index in [0.29, 0.717) is 36.4 Å². The number of benzene rings is 2. The van der Waals surface area contributed by atoms with Crippen molar-refractivity contribution in [2.24, 2.45) is 0 Å². The van der Waals surface area contributed by atoms with Crippen LogP contribution in [0, 0.1) is 11.6 Å². The van der Waals surface area contributed by atoms with Crippen LogP contribution in [0.25, 0.3) is 0 Å². The lowest BCUT2D eigenvalue weighted by Gasteiger charge is -2.17. The molecule has 0 saturated carbocycles. The number of ether oxygens (including phenoxy) is 1. The van der Waals surface area contributed by atoms with Crippen molar-refractivity contribution < 1.29 is 31.5 Å². The highest BCUT2D eigenvalue weighted by Gasteiger charge is 2.23. The fraction of sp³-hybridized carbons (Fsp3) is 0.176. The number of aryl methyl sites for hydroxylation is 1. The van der Waals surface area contributed by atoms with Crippen molar-refractivity contribution in [3.8, 4) is 5.75 Å². The molecule has 0 bridgehead atoms. The molecule has 0 radical (unpaired) electrons. The van der Waals surface area contributed by atoms with E-state index in [1.54, 1.807) is 16.9 Å². The molecular formula is C17H14F2N2O5S. The van der Waals surface area contributed by atoms with Crippen LogP contribution in [-0.2, 0) is 26.0 Å². The summed E-state index contributed by atoms with van der Waals surface area (Å²) >= 11 is 0. The van der Waals surface area contributed by atoms with Crippen LogP contribution in [0.1, 0.15) is 12.0 Å². The summed E-state index contributed by atoms with van der Waals surface area (Å²) in [5, 5.41) is 2.69. The van der Waals surface area contributed by atoms with Gasteiger partial charge in [0, 0.05) is 12.1 Å². The summed E-state index contributed by atoms with van der Waals surface area (Å²) in [7, 11) is -4.58. The molecule has 0 saturated heterocycles. The second-order valence-electron chi connectivity index (χ2n) is 5.76. The van der Waals surface area contributed by atoms with E-state index in [1.807, 2.05) is 0 Å². The van der Waals surface area contributed by atoms with E-state index in [1.165, 1.54) is 6.07 Å². The van der Waals surface area contributed by atoms with Gasteiger partial charge in [0.2, 0.25) is 5.91 Å². The molecule has 142 valence electrons. The molecule has 1 aliphatic rings. The quantitative estimate of drug-likeness (QED) is 0.802. The lowest BCUT2D eigenvalue weighted by molar-refractivity contribution is -0.121. The van der Waals surface area contributed by atoms with Crippen molar-refractivity contribution in [3.05, 3.63) is 53.6 Å². The number of amides is 2. The highest BCUT2D eigenvalue weighted by atomic mass is 32.2. The van der Waals surface area contributed by atoms with Gasteiger partial charge in [-0.15, -0.1) is 0 Å². The van der Waals surface area contributed by atoms with E-state index in [4.69, 9.17) is 4.74 Å². The van der Waals surface area contributed by atoms with Gasteiger partial charge in [-0.05, 0) is 48.4 Å². The third-order valence-electron chi connectivity index (χ3n) is 3.77. The zero-order chi connectivity index (χ0) is 19.6. The molecular weight excluding hydrogens is 382 g/mol. The molecule has 2 amide bonds. The predicted molar refractivity (Wildman–Crippen MR) is 90.6 cm³/mol. The van der Waals surface area contributed by atoms with Gasteiger partial charge in [-0.2, -0.15) is 0 Å². The van der Waals surface area contributed by atoms with Crippen molar-refractivity contribution in [2.75, 3.05) is 11.9 Å². The molecule has 0 atom stereocenters. The van der Waals surface area contributed by atoms with Gasteiger partial charge in [0.15, 0.2) is 6.61 Å². The van der Waals surface area contributed by atoms with Crippen molar-refractivity contribution in [1.82, 2.24) is 4.72 Å². The Hall–Kier alpha value is -3.01. The first kappa shape index (κ1) is 18.8. The first-order valence-corrected chi connectivity index (χ1v) is 9.29. The minimum Gasteiger partial charge on any atom is -0.484 e. The zero-order valence-electron chi connectivity index (χ0n) is 13.8. The summed E-state index contributed by atoms with van der Waals surface area (Å²) in [4.78, 5) is 22.2. The Labute approximate surface area is 153 Å². The van der Waals surface area contributed by atoms with Gasteiger partial charge in [-0.1, -0.05) is 0 Å². The van der Waals surface area contributed by atoms with Gasteiger partial charge in [-0.25, -0.2) is 21.9 Å². The Kier molecular flexibility index (Phi) is 5.08. The first-order chi connectivity index (χ1) is 12.7. The summed E-state index contributed by atoms with van der Waals surface area (Å²) in [6, 6.07) is 6.64. The van der Waals surface area contributed by atoms with Crippen LogP contribution in [0.3, 0.4) is 0 Å². The van der Waals surface area contributed by atoms with E-state index >= 15 is 0 Å². The van der Waals surface area contributed by atoms with E-state index in [2.05, 4.69) is 5.32 Å². The number of hydrogen-bond donors (Lipinski definition) is 2. The second-order valence-corrected chi connectivity index (χ2v) is 7.41. The molecule has 1 aliphatic heterocycles. The minimum absolute atomic E-state index is 0.0923. The molecule has 7 nitrogen and oxygen atoms in total. The number of nitrogens with one attached hydrogen (secondary N) is 2. The fourth-order valence-electron chi connectivity index (χ4n) is 2.52. The molecule has 2 aromatic rings. The Morgan fingerprint density at radius 2 is 1.93 bits per heavy atom. The van der Waals surface area contributed by atoms with Gasteiger partial charge in [0.25, 0.3) is 15.9 Å². The van der Waals surface area contributed by atoms with E-state index in [9.17, 15) is 26.8 Å². The number of carbonyl (C=O) groups excluding carboxylic acids is 2. The first-order valence-electron chi connectivity index (χ1n) is 7.81. The normalized spacial score (nSPS) is 13.5. The van der Waals surface area contributed by atoms with Crippen LogP contribution in [0.2, 0.25) is 0 Å². The Morgan fingerprint density at radius 3 is 2.70 bits per heavy atom. The van der Waals surface area contributed by atoms with Crippen LogP contribution < -0.4 is 14.8 Å². The molecule has 0 unspecified atom stereocenters. The molecule has 1 heterocycles. The number of anilines is 1. The van der Waals surface area contributed by atoms with Crippen LogP contribution in [0.4, 0.5) is 14.5 Å². The predicted octanol–water partition coefficient (Wildman–Crippen LogP) is 1.73. The number of hydrogen-bond acceptors (Lipinski definition) is 5. The van der Waals surface area contributed by atoms with Crippen molar-refractivity contribution in [2.45, 2.75) is 17.7 Å². The van der Waals surface area contributed by atoms with Crippen LogP contribution >= 0.6 is 0 Å². The molecule has 10 heteroatoms. The standard InChI is InChI=1S/C17H14F2N2O5S/c18-11-2-4-13(19)15(8-11)27(24,25)21-17(23)9-26-12-3-5-14-10(7-12)1-6-16(22)20-14/h2-5,7-8H,1,6,9H2,(H,20,22)(H,21,23). The van der Waals surface area contributed by atoms with Crippen molar-refractivity contribution >= 4 is 27.5 Å². The lowest BCUT2D eigenvalue weighted by Crippen LogP contribution is -2.35. The molecule has 0 fully saturated rings. The molecule has 0 aromatic heterocycles. The summed E-state index contributed by atoms with van der Waals surface area (Å²) in [6.07, 6.45) is 0.839. The highest BCUT2D eigenvalue weighted by molar-refractivity contribution is 7.90. The number of halogens is 2. The summed E-state index contributed by atoms with van der Waals surface area (Å²) in [5.41, 5.74) is 1.47. The largest absolute Gasteiger partial charge is 0.484 e. The fourth-order valence-corrected chi connectivity index (χ4v) is 3.58. The maximum absolute atomic E-state index is 13.6. The summed E-state index contributed by atoms with van der Waals surface area (Å²) in [5.74, 6) is -2.99. The highest BCUT2D eigenvalue weighted by Crippen LogP contribution is 2.26. The Balaban J connectivity index is 1.64.